The van der Waals surface area contributed by atoms with E-state index in [9.17, 15) is 18.0 Å². The standard InChI is InChI=1S/C22H28N4O6S/c1-7-26-17-10-9-15(33(29,30)25(5)6)11-16(17)24-18(26)12-32-21(27)19-13(3)20(23-14(19)4)22(28)31-8-2/h9-11,23H,7-8,12H2,1-6H3. The monoisotopic (exact) mass is 476 g/mol. The third-order valence-electron chi connectivity index (χ3n) is 5.35. The van der Waals surface area contributed by atoms with E-state index < -0.39 is 22.0 Å². The quantitative estimate of drug-likeness (QED) is 0.496. The topological polar surface area (TPSA) is 124 Å². The van der Waals surface area contributed by atoms with E-state index in [1.807, 2.05) is 11.5 Å². The van der Waals surface area contributed by atoms with Gasteiger partial charge in [-0.3, -0.25) is 0 Å². The fourth-order valence-corrected chi connectivity index (χ4v) is 4.58. The van der Waals surface area contributed by atoms with Gasteiger partial charge < -0.3 is 19.0 Å². The van der Waals surface area contributed by atoms with E-state index in [2.05, 4.69) is 9.97 Å². The molecule has 2 aromatic heterocycles. The number of hydrogen-bond donors (Lipinski definition) is 1. The first-order chi connectivity index (χ1) is 15.5. The van der Waals surface area contributed by atoms with Gasteiger partial charge in [0.2, 0.25) is 10.0 Å². The highest BCUT2D eigenvalue weighted by atomic mass is 32.2. The molecule has 0 spiro atoms. The van der Waals surface area contributed by atoms with Gasteiger partial charge >= 0.3 is 11.9 Å². The number of ether oxygens (including phenoxy) is 2. The lowest BCUT2D eigenvalue weighted by Gasteiger charge is -2.11. The van der Waals surface area contributed by atoms with Gasteiger partial charge in [0.15, 0.2) is 0 Å². The molecule has 0 fully saturated rings. The van der Waals surface area contributed by atoms with Gasteiger partial charge in [0, 0.05) is 26.3 Å². The Morgan fingerprint density at radius 2 is 1.82 bits per heavy atom. The summed E-state index contributed by atoms with van der Waals surface area (Å²) in [6.45, 7) is 7.62. The molecular formula is C22H28N4O6S. The normalized spacial score (nSPS) is 11.8. The van der Waals surface area contributed by atoms with Crippen LogP contribution < -0.4 is 0 Å². The molecule has 0 atom stereocenters. The molecular weight excluding hydrogens is 448 g/mol. The zero-order chi connectivity index (χ0) is 24.5. The SMILES string of the molecule is CCOC(=O)c1[nH]c(C)c(C(=O)OCc2nc3cc(S(=O)(=O)N(C)C)ccc3n2CC)c1C. The van der Waals surface area contributed by atoms with E-state index in [0.29, 0.717) is 29.1 Å². The summed E-state index contributed by atoms with van der Waals surface area (Å²) in [6, 6.07) is 4.73. The first kappa shape index (κ1) is 24.5. The van der Waals surface area contributed by atoms with Crippen molar-refractivity contribution in [2.24, 2.45) is 0 Å². The minimum Gasteiger partial charge on any atom is -0.461 e. The second kappa shape index (κ2) is 9.36. The van der Waals surface area contributed by atoms with Crippen molar-refractivity contribution < 1.29 is 27.5 Å². The Hall–Kier alpha value is -3.18. The number of aromatic amines is 1. The molecule has 33 heavy (non-hydrogen) atoms. The van der Waals surface area contributed by atoms with Crippen LogP contribution in [0.5, 0.6) is 0 Å². The molecule has 178 valence electrons. The van der Waals surface area contributed by atoms with Crippen molar-refractivity contribution in [3.05, 3.63) is 46.5 Å². The molecule has 1 aromatic carbocycles. The number of sulfonamides is 1. The molecule has 0 radical (unpaired) electrons. The molecule has 0 bridgehead atoms. The molecule has 0 aliphatic rings. The molecule has 0 saturated carbocycles. The van der Waals surface area contributed by atoms with E-state index in [1.165, 1.54) is 26.2 Å². The Bertz CT molecular complexity index is 1320. The number of imidazole rings is 1. The Labute approximate surface area is 192 Å². The van der Waals surface area contributed by atoms with Crippen molar-refractivity contribution in [1.29, 1.82) is 0 Å². The van der Waals surface area contributed by atoms with Crippen LogP contribution in [-0.2, 0) is 32.6 Å². The number of aryl methyl sites for hydroxylation is 2. The number of esters is 2. The number of benzene rings is 1. The number of rotatable bonds is 8. The molecule has 3 rings (SSSR count). The molecule has 3 aromatic rings. The van der Waals surface area contributed by atoms with E-state index in [4.69, 9.17) is 9.47 Å². The van der Waals surface area contributed by atoms with Crippen LogP contribution in [0, 0.1) is 13.8 Å². The Morgan fingerprint density at radius 1 is 1.12 bits per heavy atom. The second-order valence-electron chi connectivity index (χ2n) is 7.63. The van der Waals surface area contributed by atoms with Crippen molar-refractivity contribution in [3.63, 3.8) is 0 Å². The highest BCUT2D eigenvalue weighted by Crippen LogP contribution is 2.24. The number of nitrogens with one attached hydrogen (secondary N) is 1. The lowest BCUT2D eigenvalue weighted by molar-refractivity contribution is 0.0457. The number of nitrogens with zero attached hydrogens (tertiary/aromatic N) is 3. The van der Waals surface area contributed by atoms with Crippen LogP contribution in [0.3, 0.4) is 0 Å². The summed E-state index contributed by atoms with van der Waals surface area (Å²) in [7, 11) is -0.670. The molecule has 1 N–H and O–H groups in total. The van der Waals surface area contributed by atoms with Crippen molar-refractivity contribution in [2.75, 3.05) is 20.7 Å². The summed E-state index contributed by atoms with van der Waals surface area (Å²) in [5.74, 6) is -0.646. The average Bonchev–Trinajstić information content (AvgIpc) is 3.27. The molecule has 0 amide bonds. The first-order valence-corrected chi connectivity index (χ1v) is 11.9. The predicted molar refractivity (Wildman–Crippen MR) is 122 cm³/mol. The third kappa shape index (κ3) is 4.51. The largest absolute Gasteiger partial charge is 0.461 e. The lowest BCUT2D eigenvalue weighted by Crippen LogP contribution is -2.22. The van der Waals surface area contributed by atoms with Crippen LogP contribution >= 0.6 is 0 Å². The van der Waals surface area contributed by atoms with Gasteiger partial charge in [-0.15, -0.1) is 0 Å². The minimum atomic E-state index is -3.60. The number of hydrogen-bond acceptors (Lipinski definition) is 7. The maximum Gasteiger partial charge on any atom is 0.355 e. The zero-order valence-electron chi connectivity index (χ0n) is 19.6. The summed E-state index contributed by atoms with van der Waals surface area (Å²) in [5, 5.41) is 0. The Balaban J connectivity index is 1.88. The van der Waals surface area contributed by atoms with Crippen molar-refractivity contribution in [1.82, 2.24) is 18.8 Å². The molecule has 0 aliphatic heterocycles. The molecule has 0 unspecified atom stereocenters. The maximum atomic E-state index is 12.8. The van der Waals surface area contributed by atoms with Crippen LogP contribution in [0.1, 0.15) is 51.8 Å². The second-order valence-corrected chi connectivity index (χ2v) is 9.78. The third-order valence-corrected chi connectivity index (χ3v) is 7.16. The highest BCUT2D eigenvalue weighted by molar-refractivity contribution is 7.89. The van der Waals surface area contributed by atoms with Gasteiger partial charge in [0.25, 0.3) is 0 Å². The van der Waals surface area contributed by atoms with Gasteiger partial charge in [0.05, 0.1) is 28.1 Å². The van der Waals surface area contributed by atoms with E-state index in [0.717, 1.165) is 9.82 Å². The summed E-state index contributed by atoms with van der Waals surface area (Å²) in [4.78, 5) is 32.4. The van der Waals surface area contributed by atoms with Crippen LogP contribution in [-0.4, -0.2) is 59.9 Å². The van der Waals surface area contributed by atoms with Crippen LogP contribution in [0.4, 0.5) is 0 Å². The highest BCUT2D eigenvalue weighted by Gasteiger charge is 2.25. The number of fused-ring (bicyclic) bond motifs is 1. The molecule has 2 heterocycles. The molecule has 0 saturated heterocycles. The number of carbonyl (C=O) groups excluding carboxylic acids is 2. The van der Waals surface area contributed by atoms with Gasteiger partial charge in [-0.25, -0.2) is 27.3 Å². The Morgan fingerprint density at radius 3 is 2.42 bits per heavy atom. The minimum absolute atomic E-state index is 0.115. The van der Waals surface area contributed by atoms with Gasteiger partial charge in [-0.1, -0.05) is 0 Å². The summed E-state index contributed by atoms with van der Waals surface area (Å²) in [5.41, 5.74) is 2.68. The molecule has 11 heteroatoms. The Kier molecular flexibility index (Phi) is 6.94. The van der Waals surface area contributed by atoms with Crippen molar-refractivity contribution in [2.45, 2.75) is 45.7 Å². The summed E-state index contributed by atoms with van der Waals surface area (Å²) < 4.78 is 38.4. The average molecular weight is 477 g/mol. The van der Waals surface area contributed by atoms with Crippen LogP contribution in [0.25, 0.3) is 11.0 Å². The van der Waals surface area contributed by atoms with E-state index in [1.54, 1.807) is 26.8 Å². The summed E-state index contributed by atoms with van der Waals surface area (Å²) >= 11 is 0. The van der Waals surface area contributed by atoms with Crippen LogP contribution in [0.15, 0.2) is 23.1 Å². The van der Waals surface area contributed by atoms with Crippen molar-refractivity contribution in [3.8, 4) is 0 Å². The molecule has 10 nitrogen and oxygen atoms in total. The van der Waals surface area contributed by atoms with Gasteiger partial charge in [0.1, 0.15) is 18.1 Å². The zero-order valence-corrected chi connectivity index (χ0v) is 20.4. The molecule has 0 aliphatic carbocycles. The maximum absolute atomic E-state index is 12.8. The van der Waals surface area contributed by atoms with E-state index in [-0.39, 0.29) is 29.4 Å². The fraction of sp³-hybridized carbons (Fsp3) is 0.409. The van der Waals surface area contributed by atoms with E-state index >= 15 is 0 Å². The van der Waals surface area contributed by atoms with Gasteiger partial charge in [-0.2, -0.15) is 0 Å². The lowest BCUT2D eigenvalue weighted by atomic mass is 10.1. The number of carbonyl (C=O) groups is 2. The number of H-pyrrole nitrogens is 1. The van der Waals surface area contributed by atoms with Gasteiger partial charge in [-0.05, 0) is 51.5 Å². The first-order valence-electron chi connectivity index (χ1n) is 10.5. The predicted octanol–water partition coefficient (Wildman–Crippen LogP) is 2.79. The smallest absolute Gasteiger partial charge is 0.355 e. The fourth-order valence-electron chi connectivity index (χ4n) is 3.66. The number of aromatic nitrogens is 3. The van der Waals surface area contributed by atoms with Crippen molar-refractivity contribution >= 4 is 33.0 Å². The van der Waals surface area contributed by atoms with Crippen LogP contribution in [0.2, 0.25) is 0 Å². The summed E-state index contributed by atoms with van der Waals surface area (Å²) in [6.07, 6.45) is 0.